The molecule has 0 N–H and O–H groups in total. The summed E-state index contributed by atoms with van der Waals surface area (Å²) in [5, 5.41) is 0. The Balaban J connectivity index is 1.60. The van der Waals surface area contributed by atoms with Crippen molar-refractivity contribution < 1.29 is 9.59 Å². The van der Waals surface area contributed by atoms with Gasteiger partial charge < -0.3 is 0 Å². The summed E-state index contributed by atoms with van der Waals surface area (Å²) in [5.74, 6) is 1.71. The minimum atomic E-state index is -0.116. The van der Waals surface area contributed by atoms with Crippen molar-refractivity contribution in [1.29, 1.82) is 0 Å². The number of carbonyl (C=O) groups is 2. The van der Waals surface area contributed by atoms with Crippen molar-refractivity contribution in [1.82, 2.24) is 0 Å². The maximum absolute atomic E-state index is 13.1. The lowest BCUT2D eigenvalue weighted by Gasteiger charge is -2.37. The fourth-order valence-corrected chi connectivity index (χ4v) is 5.66. The summed E-state index contributed by atoms with van der Waals surface area (Å²) >= 11 is 3.48. The van der Waals surface area contributed by atoms with Gasteiger partial charge in [-0.05, 0) is 60.3 Å². The fourth-order valence-electron chi connectivity index (χ4n) is 5.25. The molecule has 118 valence electrons. The van der Waals surface area contributed by atoms with Crippen molar-refractivity contribution >= 4 is 33.4 Å². The van der Waals surface area contributed by atoms with Gasteiger partial charge in [-0.25, -0.2) is 4.90 Å². The lowest BCUT2D eigenvalue weighted by molar-refractivity contribution is -0.124. The number of imide groups is 1. The standard InChI is InChI=1S/C19H18BrNO2/c1-2-9-7-10(20)3-6-15(9)21-18(22)16-11-4-5-12(14-8-13(11)14)17(16)19(21)23/h3-7,11-14,16-17H,2,8H2,1H3/t11-,12+,13+,14-,16-,17+. The number of aryl methyl sites for hydroxylation is 1. The summed E-state index contributed by atoms with van der Waals surface area (Å²) in [7, 11) is 0. The number of benzene rings is 1. The third kappa shape index (κ3) is 1.70. The van der Waals surface area contributed by atoms with Gasteiger partial charge in [-0.2, -0.15) is 0 Å². The monoisotopic (exact) mass is 371 g/mol. The molecule has 4 heteroatoms. The van der Waals surface area contributed by atoms with Crippen molar-refractivity contribution in [2.24, 2.45) is 35.5 Å². The van der Waals surface area contributed by atoms with Crippen LogP contribution >= 0.6 is 15.9 Å². The fraction of sp³-hybridized carbons (Fsp3) is 0.474. The Hall–Kier alpha value is -1.42. The van der Waals surface area contributed by atoms with Gasteiger partial charge in [-0.3, -0.25) is 9.59 Å². The first kappa shape index (κ1) is 14.0. The third-order valence-corrected chi connectivity index (χ3v) is 6.82. The van der Waals surface area contributed by atoms with E-state index in [0.717, 1.165) is 22.1 Å². The van der Waals surface area contributed by atoms with Gasteiger partial charge in [0.15, 0.2) is 0 Å². The molecule has 1 heterocycles. The molecule has 0 spiro atoms. The van der Waals surface area contributed by atoms with E-state index in [1.807, 2.05) is 18.2 Å². The summed E-state index contributed by atoms with van der Waals surface area (Å²) < 4.78 is 0.984. The molecule has 23 heavy (non-hydrogen) atoms. The molecule has 1 aromatic carbocycles. The largest absolute Gasteiger partial charge is 0.274 e. The number of carbonyl (C=O) groups excluding carboxylic acids is 2. The summed E-state index contributed by atoms with van der Waals surface area (Å²) in [6.07, 6.45) is 6.44. The van der Waals surface area contributed by atoms with Crippen molar-refractivity contribution in [2.75, 3.05) is 4.90 Å². The second-order valence-corrected chi connectivity index (χ2v) is 8.21. The highest BCUT2D eigenvalue weighted by Crippen LogP contribution is 2.65. The van der Waals surface area contributed by atoms with Crippen LogP contribution in [0, 0.1) is 35.5 Å². The molecular formula is C19H18BrNO2. The Labute approximate surface area is 143 Å². The molecule has 0 radical (unpaired) electrons. The van der Waals surface area contributed by atoms with Gasteiger partial charge in [0.2, 0.25) is 11.8 Å². The summed E-state index contributed by atoms with van der Waals surface area (Å²) in [4.78, 5) is 27.7. The number of nitrogens with zero attached hydrogens (tertiary/aromatic N) is 1. The zero-order valence-electron chi connectivity index (χ0n) is 12.9. The number of rotatable bonds is 2. The summed E-state index contributed by atoms with van der Waals surface area (Å²) in [6.45, 7) is 2.06. The van der Waals surface area contributed by atoms with E-state index in [4.69, 9.17) is 0 Å². The lowest BCUT2D eigenvalue weighted by Crippen LogP contribution is -2.40. The van der Waals surface area contributed by atoms with Crippen molar-refractivity contribution in [2.45, 2.75) is 19.8 Å². The first-order chi connectivity index (χ1) is 11.1. The maximum atomic E-state index is 13.1. The second kappa shape index (κ2) is 4.56. The molecule has 2 saturated carbocycles. The Morgan fingerprint density at radius 3 is 2.26 bits per heavy atom. The molecule has 1 saturated heterocycles. The van der Waals surface area contributed by atoms with Crippen LogP contribution in [0.1, 0.15) is 18.9 Å². The SMILES string of the molecule is CCc1cc(Br)ccc1N1C(=O)[C@@H]2[C@@H]3C=C[C@@H]([C@H]4C[C@@H]34)[C@@H]2C1=O. The highest BCUT2D eigenvalue weighted by Gasteiger charge is 2.67. The number of halogens is 1. The predicted octanol–water partition coefficient (Wildman–Crippen LogP) is 3.57. The van der Waals surface area contributed by atoms with Gasteiger partial charge in [-0.1, -0.05) is 35.0 Å². The molecule has 1 aromatic rings. The molecular weight excluding hydrogens is 354 g/mol. The van der Waals surface area contributed by atoms with E-state index in [9.17, 15) is 9.59 Å². The highest BCUT2D eigenvalue weighted by atomic mass is 79.9. The van der Waals surface area contributed by atoms with Crippen LogP contribution in [-0.4, -0.2) is 11.8 Å². The lowest BCUT2D eigenvalue weighted by atomic mass is 9.63. The van der Waals surface area contributed by atoms with Gasteiger partial charge >= 0.3 is 0 Å². The van der Waals surface area contributed by atoms with Crippen LogP contribution in [-0.2, 0) is 16.0 Å². The Bertz CT molecular complexity index is 735. The van der Waals surface area contributed by atoms with Gasteiger partial charge in [0.1, 0.15) is 0 Å². The first-order valence-corrected chi connectivity index (χ1v) is 9.25. The van der Waals surface area contributed by atoms with Gasteiger partial charge in [0.25, 0.3) is 0 Å². The normalized spacial score (nSPS) is 39.7. The van der Waals surface area contributed by atoms with Crippen LogP contribution in [0.5, 0.6) is 0 Å². The minimum Gasteiger partial charge on any atom is -0.274 e. The molecule has 5 aliphatic rings. The number of allylic oxidation sites excluding steroid dienone is 2. The number of anilines is 1. The van der Waals surface area contributed by atoms with E-state index in [2.05, 4.69) is 35.0 Å². The quantitative estimate of drug-likeness (QED) is 0.588. The molecule has 3 fully saturated rings. The van der Waals surface area contributed by atoms with E-state index in [1.165, 1.54) is 11.3 Å². The van der Waals surface area contributed by atoms with Crippen LogP contribution in [0.25, 0.3) is 0 Å². The molecule has 0 unspecified atom stereocenters. The molecule has 0 aromatic heterocycles. The molecule has 6 atom stereocenters. The van der Waals surface area contributed by atoms with Gasteiger partial charge in [0, 0.05) is 4.47 Å². The van der Waals surface area contributed by atoms with Crippen LogP contribution in [0.3, 0.4) is 0 Å². The van der Waals surface area contributed by atoms with Gasteiger partial charge in [0.05, 0.1) is 17.5 Å². The Morgan fingerprint density at radius 2 is 1.70 bits per heavy atom. The van der Waals surface area contributed by atoms with Gasteiger partial charge in [-0.15, -0.1) is 0 Å². The zero-order valence-corrected chi connectivity index (χ0v) is 14.5. The molecule has 3 nitrogen and oxygen atoms in total. The first-order valence-electron chi connectivity index (χ1n) is 8.46. The number of amides is 2. The Morgan fingerprint density at radius 1 is 1.09 bits per heavy atom. The second-order valence-electron chi connectivity index (χ2n) is 7.29. The summed E-state index contributed by atoms with van der Waals surface area (Å²) in [6, 6.07) is 5.84. The topological polar surface area (TPSA) is 37.4 Å². The number of hydrogen-bond acceptors (Lipinski definition) is 2. The van der Waals surface area contributed by atoms with Crippen LogP contribution in [0.15, 0.2) is 34.8 Å². The minimum absolute atomic E-state index is 0.0294. The maximum Gasteiger partial charge on any atom is 0.238 e. The Kier molecular flexibility index (Phi) is 2.77. The van der Waals surface area contributed by atoms with Crippen LogP contribution in [0.4, 0.5) is 5.69 Å². The highest BCUT2D eigenvalue weighted by molar-refractivity contribution is 9.10. The molecule has 4 aliphatic carbocycles. The van der Waals surface area contributed by atoms with E-state index < -0.39 is 0 Å². The van der Waals surface area contributed by atoms with Crippen molar-refractivity contribution in [3.05, 3.63) is 40.4 Å². The van der Waals surface area contributed by atoms with Crippen molar-refractivity contribution in [3.63, 3.8) is 0 Å². The average Bonchev–Trinajstić information content (AvgIpc) is 3.33. The molecule has 2 bridgehead atoms. The molecule has 6 rings (SSSR count). The van der Waals surface area contributed by atoms with Crippen LogP contribution < -0.4 is 4.90 Å². The van der Waals surface area contributed by atoms with E-state index in [-0.39, 0.29) is 35.5 Å². The smallest absolute Gasteiger partial charge is 0.238 e. The predicted molar refractivity (Wildman–Crippen MR) is 90.7 cm³/mol. The molecule has 1 aliphatic heterocycles. The molecule has 2 amide bonds. The van der Waals surface area contributed by atoms with Crippen molar-refractivity contribution in [3.8, 4) is 0 Å². The van der Waals surface area contributed by atoms with E-state index in [1.54, 1.807) is 0 Å². The number of hydrogen-bond donors (Lipinski definition) is 0. The average molecular weight is 372 g/mol. The zero-order chi connectivity index (χ0) is 15.9. The van der Waals surface area contributed by atoms with Crippen LogP contribution in [0.2, 0.25) is 0 Å². The third-order valence-electron chi connectivity index (χ3n) is 6.33. The van der Waals surface area contributed by atoms with E-state index >= 15 is 0 Å². The van der Waals surface area contributed by atoms with E-state index in [0.29, 0.717) is 11.8 Å². The summed E-state index contributed by atoms with van der Waals surface area (Å²) in [5.41, 5.74) is 1.83.